The van der Waals surface area contributed by atoms with Crippen LogP contribution in [0.4, 0.5) is 10.5 Å². The molecular weight excluding hydrogens is 465 g/mol. The van der Waals surface area contributed by atoms with Crippen molar-refractivity contribution in [3.63, 3.8) is 0 Å². The first-order chi connectivity index (χ1) is 16.1. The maximum absolute atomic E-state index is 13.5. The average Bonchev–Trinajstić information content (AvgIpc) is 2.80. The SMILES string of the molecule is CC(=O)c1ccc(OP(=O)(Oc2ccc(C(C)=O)cc2)C(=O)Oc2ccc([N+](=O)[O-])cc2)cc1. The second-order valence-electron chi connectivity index (χ2n) is 6.96. The summed E-state index contributed by atoms with van der Waals surface area (Å²) >= 11 is 0. The zero-order valence-electron chi connectivity index (χ0n) is 18.0. The summed E-state index contributed by atoms with van der Waals surface area (Å²) < 4.78 is 29.4. The summed E-state index contributed by atoms with van der Waals surface area (Å²) in [6, 6.07) is 15.6. The molecule has 0 radical (unpaired) electrons. The lowest BCUT2D eigenvalue weighted by molar-refractivity contribution is -0.384. The zero-order valence-corrected chi connectivity index (χ0v) is 18.9. The summed E-state index contributed by atoms with van der Waals surface area (Å²) in [6.07, 6.45) is 0. The molecule has 10 nitrogen and oxygen atoms in total. The van der Waals surface area contributed by atoms with Gasteiger partial charge >= 0.3 is 13.3 Å². The first-order valence-electron chi connectivity index (χ1n) is 9.75. The molecule has 0 saturated carbocycles. The van der Waals surface area contributed by atoms with E-state index in [4.69, 9.17) is 13.8 Å². The van der Waals surface area contributed by atoms with Gasteiger partial charge in [0.2, 0.25) is 0 Å². The van der Waals surface area contributed by atoms with Crippen molar-refractivity contribution in [2.24, 2.45) is 0 Å². The van der Waals surface area contributed by atoms with Gasteiger partial charge in [0, 0.05) is 23.3 Å². The number of ether oxygens (including phenoxy) is 1. The number of hydrogen-bond acceptors (Lipinski definition) is 9. The van der Waals surface area contributed by atoms with Crippen molar-refractivity contribution in [3.8, 4) is 17.2 Å². The van der Waals surface area contributed by atoms with Crippen LogP contribution in [-0.2, 0) is 4.57 Å². The lowest BCUT2D eigenvalue weighted by atomic mass is 10.1. The van der Waals surface area contributed by atoms with Crippen LogP contribution in [0, 0.1) is 10.1 Å². The number of Topliss-reactive ketones (excluding diaryl/α,β-unsaturated/α-hetero) is 2. The van der Waals surface area contributed by atoms with Crippen LogP contribution >= 0.6 is 7.60 Å². The second kappa shape index (κ2) is 10.1. The molecule has 0 aliphatic heterocycles. The highest BCUT2D eigenvalue weighted by atomic mass is 31.2. The van der Waals surface area contributed by atoms with E-state index in [1.54, 1.807) is 0 Å². The summed E-state index contributed by atoms with van der Waals surface area (Å²) in [5.41, 5.74) is -0.869. The third-order valence-electron chi connectivity index (χ3n) is 4.45. The van der Waals surface area contributed by atoms with Crippen LogP contribution < -0.4 is 13.8 Å². The van der Waals surface area contributed by atoms with Gasteiger partial charge in [-0.15, -0.1) is 0 Å². The number of nitro benzene ring substituents is 1. The molecule has 0 aliphatic carbocycles. The lowest BCUT2D eigenvalue weighted by Gasteiger charge is -2.18. The second-order valence-corrected chi connectivity index (χ2v) is 8.69. The molecule has 0 N–H and O–H groups in total. The Morgan fingerprint density at radius 1 is 0.706 bits per heavy atom. The molecule has 0 amide bonds. The minimum absolute atomic E-state index is 0.0330. The van der Waals surface area contributed by atoms with Crippen LogP contribution in [0.25, 0.3) is 0 Å². The number of non-ortho nitro benzene ring substituents is 1. The molecule has 0 saturated heterocycles. The molecule has 34 heavy (non-hydrogen) atoms. The Balaban J connectivity index is 1.89. The fraction of sp³-hybridized carbons (Fsp3) is 0.0870. The molecule has 0 bridgehead atoms. The maximum Gasteiger partial charge on any atom is 0.540 e. The van der Waals surface area contributed by atoms with Crippen molar-refractivity contribution in [2.75, 3.05) is 0 Å². The van der Waals surface area contributed by atoms with E-state index in [0.717, 1.165) is 24.3 Å². The molecule has 3 rings (SSSR count). The van der Waals surface area contributed by atoms with Gasteiger partial charge in [-0.05, 0) is 74.5 Å². The van der Waals surface area contributed by atoms with Gasteiger partial charge < -0.3 is 13.8 Å². The van der Waals surface area contributed by atoms with Gasteiger partial charge in [0.1, 0.15) is 17.2 Å². The molecule has 174 valence electrons. The van der Waals surface area contributed by atoms with Crippen LogP contribution in [0.3, 0.4) is 0 Å². The fourth-order valence-electron chi connectivity index (χ4n) is 2.66. The van der Waals surface area contributed by atoms with E-state index in [2.05, 4.69) is 0 Å². The third-order valence-corrected chi connectivity index (χ3v) is 5.89. The first-order valence-corrected chi connectivity index (χ1v) is 11.3. The summed E-state index contributed by atoms with van der Waals surface area (Å²) in [5.74, 6) is -0.589. The summed E-state index contributed by atoms with van der Waals surface area (Å²) in [5, 5.41) is 10.8. The van der Waals surface area contributed by atoms with Gasteiger partial charge in [-0.1, -0.05) is 0 Å². The number of benzene rings is 3. The molecule has 3 aromatic carbocycles. The molecule has 0 atom stereocenters. The van der Waals surface area contributed by atoms with Gasteiger partial charge in [0.25, 0.3) is 5.69 Å². The number of carbonyl (C=O) groups excluding carboxylic acids is 3. The smallest absolute Gasteiger partial charge is 0.416 e. The van der Waals surface area contributed by atoms with E-state index in [0.29, 0.717) is 11.1 Å². The Morgan fingerprint density at radius 2 is 1.09 bits per heavy atom. The van der Waals surface area contributed by atoms with Gasteiger partial charge in [-0.3, -0.25) is 19.7 Å². The van der Waals surface area contributed by atoms with Crippen LogP contribution in [0.15, 0.2) is 72.8 Å². The first kappa shape index (κ1) is 24.3. The van der Waals surface area contributed by atoms with Gasteiger partial charge in [0.05, 0.1) is 4.92 Å². The van der Waals surface area contributed by atoms with Gasteiger partial charge in [-0.25, -0.2) is 9.36 Å². The monoisotopic (exact) mass is 483 g/mol. The Morgan fingerprint density at radius 3 is 1.44 bits per heavy atom. The van der Waals surface area contributed by atoms with Crippen molar-refractivity contribution < 1.29 is 37.7 Å². The quantitative estimate of drug-likeness (QED) is 0.159. The fourth-order valence-corrected chi connectivity index (χ4v) is 3.87. The molecule has 0 aliphatic rings. The highest BCUT2D eigenvalue weighted by Crippen LogP contribution is 2.50. The van der Waals surface area contributed by atoms with Crippen molar-refractivity contribution in [2.45, 2.75) is 13.8 Å². The molecule has 3 aromatic rings. The Hall–Kier alpha value is -4.30. The van der Waals surface area contributed by atoms with Crippen molar-refractivity contribution >= 4 is 30.6 Å². The molecule has 0 fully saturated rings. The van der Waals surface area contributed by atoms with E-state index < -0.39 is 18.2 Å². The number of ketones is 2. The minimum Gasteiger partial charge on any atom is -0.416 e. The summed E-state index contributed by atoms with van der Waals surface area (Å²) in [7, 11) is -4.69. The Bertz CT molecular complexity index is 1220. The van der Waals surface area contributed by atoms with E-state index in [9.17, 15) is 29.1 Å². The van der Waals surface area contributed by atoms with Crippen molar-refractivity contribution in [1.82, 2.24) is 0 Å². The zero-order chi connectivity index (χ0) is 24.9. The standard InChI is InChI=1S/C23H18NO9P/c1-15(25)17-3-9-21(10-4-17)32-34(30,33-22-11-5-18(6-12-22)16(2)26)23(27)31-20-13-7-19(8-14-20)24(28)29/h3-14H,1-2H3. The lowest BCUT2D eigenvalue weighted by Crippen LogP contribution is -2.15. The largest absolute Gasteiger partial charge is 0.540 e. The van der Waals surface area contributed by atoms with Crippen molar-refractivity contribution in [3.05, 3.63) is 94.0 Å². The number of carbonyl (C=O) groups is 3. The molecule has 11 heteroatoms. The molecule has 0 heterocycles. The topological polar surface area (TPSA) is 139 Å². The van der Waals surface area contributed by atoms with E-state index >= 15 is 0 Å². The number of hydrogen-bond donors (Lipinski definition) is 0. The third kappa shape index (κ3) is 5.93. The number of rotatable bonds is 9. The van der Waals surface area contributed by atoms with E-state index in [-0.39, 0.29) is 34.5 Å². The average molecular weight is 483 g/mol. The predicted molar refractivity (Wildman–Crippen MR) is 121 cm³/mol. The minimum atomic E-state index is -4.69. The van der Waals surface area contributed by atoms with Crippen LogP contribution in [0.2, 0.25) is 0 Å². The van der Waals surface area contributed by atoms with E-state index in [1.165, 1.54) is 62.4 Å². The Kier molecular flexibility index (Phi) is 7.23. The number of nitrogens with zero attached hydrogens (tertiary/aromatic N) is 1. The van der Waals surface area contributed by atoms with Crippen LogP contribution in [0.1, 0.15) is 34.6 Å². The molecule has 0 unspecified atom stereocenters. The predicted octanol–water partition coefficient (Wildman–Crippen LogP) is 5.85. The molecular formula is C23H18NO9P. The highest BCUT2D eigenvalue weighted by molar-refractivity contribution is 7.72. The highest BCUT2D eigenvalue weighted by Gasteiger charge is 2.41. The molecule has 0 spiro atoms. The van der Waals surface area contributed by atoms with Gasteiger partial charge in [0.15, 0.2) is 11.6 Å². The Labute approximate surface area is 193 Å². The van der Waals surface area contributed by atoms with Gasteiger partial charge in [-0.2, -0.15) is 0 Å². The number of nitro groups is 1. The van der Waals surface area contributed by atoms with Crippen molar-refractivity contribution in [1.29, 1.82) is 0 Å². The van der Waals surface area contributed by atoms with Crippen LogP contribution in [0.5, 0.6) is 17.2 Å². The molecule has 0 aromatic heterocycles. The maximum atomic E-state index is 13.5. The normalized spacial score (nSPS) is 10.8. The summed E-state index contributed by atoms with van der Waals surface area (Å²) in [6.45, 7) is 2.74. The van der Waals surface area contributed by atoms with Crippen LogP contribution in [-0.4, -0.2) is 22.2 Å². The van der Waals surface area contributed by atoms with E-state index in [1.807, 2.05) is 0 Å². The summed E-state index contributed by atoms with van der Waals surface area (Å²) in [4.78, 5) is 46.0.